The van der Waals surface area contributed by atoms with Crippen LogP contribution < -0.4 is 5.32 Å². The highest BCUT2D eigenvalue weighted by Gasteiger charge is 2.34. The van der Waals surface area contributed by atoms with Crippen LogP contribution in [-0.2, 0) is 6.18 Å². The molecular formula is C12H18F3N3. The van der Waals surface area contributed by atoms with Gasteiger partial charge in [-0.3, -0.25) is 0 Å². The van der Waals surface area contributed by atoms with Crippen molar-refractivity contribution in [2.75, 3.05) is 7.05 Å². The summed E-state index contributed by atoms with van der Waals surface area (Å²) in [5.41, 5.74) is -0.888. The first-order valence-corrected chi connectivity index (χ1v) is 5.84. The van der Waals surface area contributed by atoms with Gasteiger partial charge in [-0.2, -0.15) is 13.2 Å². The molecule has 0 aliphatic rings. The van der Waals surface area contributed by atoms with Crippen LogP contribution in [-0.4, -0.2) is 23.1 Å². The first kappa shape index (κ1) is 14.9. The number of nitrogens with one attached hydrogen (secondary N) is 1. The van der Waals surface area contributed by atoms with E-state index in [4.69, 9.17) is 0 Å². The number of likely N-dealkylation sites (N-methyl/N-ethyl adjacent to an activating group) is 1. The van der Waals surface area contributed by atoms with Gasteiger partial charge in [0.2, 0.25) is 0 Å². The van der Waals surface area contributed by atoms with Crippen molar-refractivity contribution in [3.63, 3.8) is 0 Å². The average molecular weight is 261 g/mol. The van der Waals surface area contributed by atoms with Crippen LogP contribution in [0, 0.1) is 5.92 Å². The number of hydrogen-bond acceptors (Lipinski definition) is 3. The van der Waals surface area contributed by atoms with Gasteiger partial charge in [-0.25, -0.2) is 9.97 Å². The predicted molar refractivity (Wildman–Crippen MR) is 63.1 cm³/mol. The van der Waals surface area contributed by atoms with Crippen molar-refractivity contribution in [1.29, 1.82) is 0 Å². The molecule has 1 aromatic heterocycles. The van der Waals surface area contributed by atoms with Crippen LogP contribution in [0.5, 0.6) is 0 Å². The largest absolute Gasteiger partial charge is 0.433 e. The van der Waals surface area contributed by atoms with Crippen LogP contribution in [0.25, 0.3) is 0 Å². The third-order valence-corrected chi connectivity index (χ3v) is 2.98. The number of hydrogen-bond donors (Lipinski definition) is 1. The molecule has 0 bridgehead atoms. The van der Waals surface area contributed by atoms with Crippen LogP contribution in [0.3, 0.4) is 0 Å². The molecule has 1 heterocycles. The fourth-order valence-corrected chi connectivity index (χ4v) is 1.97. The van der Waals surface area contributed by atoms with Crippen LogP contribution in [0.1, 0.15) is 38.2 Å². The highest BCUT2D eigenvalue weighted by molar-refractivity contribution is 5.10. The molecule has 0 aromatic carbocycles. The number of nitrogens with zero attached hydrogens (tertiary/aromatic N) is 2. The first-order valence-electron chi connectivity index (χ1n) is 5.84. The van der Waals surface area contributed by atoms with E-state index in [1.807, 2.05) is 20.8 Å². The van der Waals surface area contributed by atoms with Crippen molar-refractivity contribution in [2.45, 2.75) is 38.9 Å². The van der Waals surface area contributed by atoms with Crippen molar-refractivity contribution in [3.05, 3.63) is 23.8 Å². The Morgan fingerprint density at radius 2 is 1.83 bits per heavy atom. The molecular weight excluding hydrogens is 243 g/mol. The molecule has 102 valence electrons. The zero-order chi connectivity index (χ0) is 13.9. The molecule has 0 spiro atoms. The summed E-state index contributed by atoms with van der Waals surface area (Å²) in [5, 5.41) is 3.04. The average Bonchev–Trinajstić information content (AvgIpc) is 2.27. The van der Waals surface area contributed by atoms with E-state index < -0.39 is 11.9 Å². The Balaban J connectivity index is 3.14. The second-order valence-corrected chi connectivity index (χ2v) is 4.64. The van der Waals surface area contributed by atoms with Gasteiger partial charge in [-0.15, -0.1) is 0 Å². The van der Waals surface area contributed by atoms with Crippen LogP contribution in [0.15, 0.2) is 12.3 Å². The smallest absolute Gasteiger partial charge is 0.317 e. The molecule has 1 N–H and O–H groups in total. The lowest BCUT2D eigenvalue weighted by atomic mass is 9.88. The first-order chi connectivity index (χ1) is 8.27. The van der Waals surface area contributed by atoms with Crippen molar-refractivity contribution in [3.8, 4) is 0 Å². The molecule has 0 fully saturated rings. The van der Waals surface area contributed by atoms with Gasteiger partial charge < -0.3 is 5.32 Å². The van der Waals surface area contributed by atoms with Crippen molar-refractivity contribution >= 4 is 0 Å². The zero-order valence-electron chi connectivity index (χ0n) is 10.9. The van der Waals surface area contributed by atoms with E-state index in [2.05, 4.69) is 15.3 Å². The summed E-state index contributed by atoms with van der Waals surface area (Å²) in [6, 6.07) is 0.902. The Morgan fingerprint density at radius 3 is 2.28 bits per heavy atom. The maximum absolute atomic E-state index is 12.6. The molecule has 2 atom stereocenters. The monoisotopic (exact) mass is 261 g/mol. The maximum Gasteiger partial charge on any atom is 0.433 e. The Bertz CT molecular complexity index is 390. The van der Waals surface area contributed by atoms with Gasteiger partial charge in [0.1, 0.15) is 11.5 Å². The van der Waals surface area contributed by atoms with E-state index in [-0.39, 0.29) is 23.7 Å². The van der Waals surface area contributed by atoms with E-state index >= 15 is 0 Å². The SMILES string of the molecule is CNC(C)C(c1nccc(C(F)(F)F)n1)C(C)C. The summed E-state index contributed by atoms with van der Waals surface area (Å²) >= 11 is 0. The molecule has 3 nitrogen and oxygen atoms in total. The Hall–Kier alpha value is -1.17. The normalized spacial score (nSPS) is 15.8. The molecule has 6 heteroatoms. The molecule has 0 saturated carbocycles. The second-order valence-electron chi connectivity index (χ2n) is 4.64. The third-order valence-electron chi connectivity index (χ3n) is 2.98. The Morgan fingerprint density at radius 1 is 1.22 bits per heavy atom. The fourth-order valence-electron chi connectivity index (χ4n) is 1.97. The minimum absolute atomic E-state index is 0.00786. The molecule has 0 saturated heterocycles. The molecule has 1 aromatic rings. The van der Waals surface area contributed by atoms with E-state index in [9.17, 15) is 13.2 Å². The summed E-state index contributed by atoms with van der Waals surface area (Å²) < 4.78 is 37.8. The summed E-state index contributed by atoms with van der Waals surface area (Å²) in [4.78, 5) is 7.65. The number of alkyl halides is 3. The number of rotatable bonds is 4. The zero-order valence-corrected chi connectivity index (χ0v) is 10.9. The molecule has 0 radical (unpaired) electrons. The van der Waals surface area contributed by atoms with Gasteiger partial charge in [0.25, 0.3) is 0 Å². The highest BCUT2D eigenvalue weighted by Crippen LogP contribution is 2.30. The summed E-state index contributed by atoms with van der Waals surface area (Å²) in [6.07, 6.45) is -3.26. The lowest BCUT2D eigenvalue weighted by Crippen LogP contribution is -2.33. The lowest BCUT2D eigenvalue weighted by molar-refractivity contribution is -0.141. The summed E-state index contributed by atoms with van der Waals surface area (Å²) in [6.45, 7) is 5.80. The molecule has 0 aliphatic carbocycles. The quantitative estimate of drug-likeness (QED) is 0.905. The van der Waals surface area contributed by atoms with E-state index in [0.29, 0.717) is 0 Å². The van der Waals surface area contributed by atoms with Gasteiger partial charge in [0, 0.05) is 18.2 Å². The van der Waals surface area contributed by atoms with Gasteiger partial charge in [0.05, 0.1) is 0 Å². The van der Waals surface area contributed by atoms with Gasteiger partial charge in [-0.05, 0) is 26.0 Å². The number of aromatic nitrogens is 2. The Labute approximate surface area is 105 Å². The van der Waals surface area contributed by atoms with Crippen LogP contribution in [0.2, 0.25) is 0 Å². The third kappa shape index (κ3) is 3.41. The lowest BCUT2D eigenvalue weighted by Gasteiger charge is -2.26. The minimum Gasteiger partial charge on any atom is -0.317 e. The number of halogens is 3. The van der Waals surface area contributed by atoms with E-state index in [1.165, 1.54) is 6.20 Å². The second kappa shape index (κ2) is 5.65. The maximum atomic E-state index is 12.6. The van der Waals surface area contributed by atoms with E-state index in [0.717, 1.165) is 6.07 Å². The fraction of sp³-hybridized carbons (Fsp3) is 0.667. The van der Waals surface area contributed by atoms with Crippen LogP contribution >= 0.6 is 0 Å². The minimum atomic E-state index is -4.43. The van der Waals surface area contributed by atoms with Crippen molar-refractivity contribution in [2.24, 2.45) is 5.92 Å². The van der Waals surface area contributed by atoms with Crippen molar-refractivity contribution in [1.82, 2.24) is 15.3 Å². The molecule has 0 aliphatic heterocycles. The van der Waals surface area contributed by atoms with Crippen LogP contribution in [0.4, 0.5) is 13.2 Å². The van der Waals surface area contributed by atoms with Gasteiger partial charge in [0.15, 0.2) is 0 Å². The van der Waals surface area contributed by atoms with Gasteiger partial charge >= 0.3 is 6.18 Å². The van der Waals surface area contributed by atoms with E-state index in [1.54, 1.807) is 7.05 Å². The summed E-state index contributed by atoms with van der Waals surface area (Å²) in [7, 11) is 1.77. The molecule has 2 unspecified atom stereocenters. The molecule has 18 heavy (non-hydrogen) atoms. The Kier molecular flexibility index (Phi) is 4.67. The summed E-state index contributed by atoms with van der Waals surface area (Å²) in [5.74, 6) is 0.231. The standard InChI is InChI=1S/C12H18F3N3/c1-7(2)10(8(3)16-4)11-17-6-5-9(18-11)12(13,14)15/h5-8,10,16H,1-4H3. The highest BCUT2D eigenvalue weighted by atomic mass is 19.4. The predicted octanol–water partition coefficient (Wildman–Crippen LogP) is 2.84. The molecule has 0 amide bonds. The topological polar surface area (TPSA) is 37.8 Å². The van der Waals surface area contributed by atoms with Gasteiger partial charge in [-0.1, -0.05) is 13.8 Å². The van der Waals surface area contributed by atoms with Crippen molar-refractivity contribution < 1.29 is 13.2 Å². The molecule has 1 rings (SSSR count).